The Kier molecular flexibility index (Phi) is 3.04. The average Bonchev–Trinajstić information content (AvgIpc) is 2.98. The molecule has 5 heteroatoms. The lowest BCUT2D eigenvalue weighted by molar-refractivity contribution is 0.211. The molecule has 0 saturated heterocycles. The lowest BCUT2D eigenvalue weighted by Crippen LogP contribution is -2.08. The summed E-state index contributed by atoms with van der Waals surface area (Å²) >= 11 is 0. The number of hydrogen-bond acceptors (Lipinski definition) is 4. The SMILES string of the molecule is OC(c1ccnnc1)c1ccnn1-c1ccccc1. The van der Waals surface area contributed by atoms with Crippen molar-refractivity contribution in [2.45, 2.75) is 6.10 Å². The quantitative estimate of drug-likeness (QED) is 0.771. The summed E-state index contributed by atoms with van der Waals surface area (Å²) in [6, 6.07) is 13.2. The highest BCUT2D eigenvalue weighted by Gasteiger charge is 2.16. The first-order chi connectivity index (χ1) is 9.36. The van der Waals surface area contributed by atoms with Crippen LogP contribution in [0, 0.1) is 0 Å². The molecule has 5 nitrogen and oxygen atoms in total. The van der Waals surface area contributed by atoms with E-state index < -0.39 is 6.10 Å². The Morgan fingerprint density at radius 1 is 0.947 bits per heavy atom. The number of para-hydroxylation sites is 1. The van der Waals surface area contributed by atoms with Crippen molar-refractivity contribution in [3.05, 3.63) is 72.3 Å². The summed E-state index contributed by atoms with van der Waals surface area (Å²) in [5, 5.41) is 22.1. The number of nitrogens with zero attached hydrogens (tertiary/aromatic N) is 4. The molecule has 1 N–H and O–H groups in total. The summed E-state index contributed by atoms with van der Waals surface area (Å²) in [6.45, 7) is 0. The maximum absolute atomic E-state index is 10.4. The van der Waals surface area contributed by atoms with E-state index >= 15 is 0 Å². The lowest BCUT2D eigenvalue weighted by Gasteiger charge is -2.13. The number of rotatable bonds is 3. The molecule has 0 bridgehead atoms. The molecule has 0 aliphatic carbocycles. The molecule has 1 aromatic carbocycles. The molecule has 0 aliphatic rings. The molecule has 1 unspecified atom stereocenters. The Bertz CT molecular complexity index is 651. The minimum Gasteiger partial charge on any atom is -0.382 e. The number of aliphatic hydroxyl groups is 1. The highest BCUT2D eigenvalue weighted by Crippen LogP contribution is 2.22. The van der Waals surface area contributed by atoms with Gasteiger partial charge in [0.05, 0.1) is 17.6 Å². The molecular formula is C14H12N4O. The van der Waals surface area contributed by atoms with Crippen LogP contribution in [-0.4, -0.2) is 25.1 Å². The zero-order valence-electron chi connectivity index (χ0n) is 10.1. The van der Waals surface area contributed by atoms with Gasteiger partial charge in [0, 0.05) is 18.0 Å². The van der Waals surface area contributed by atoms with Gasteiger partial charge >= 0.3 is 0 Å². The predicted molar refractivity (Wildman–Crippen MR) is 69.7 cm³/mol. The zero-order chi connectivity index (χ0) is 13.1. The van der Waals surface area contributed by atoms with E-state index in [4.69, 9.17) is 0 Å². The first-order valence-electron chi connectivity index (χ1n) is 5.90. The second kappa shape index (κ2) is 4.99. The average molecular weight is 252 g/mol. The van der Waals surface area contributed by atoms with E-state index in [1.54, 1.807) is 35.4 Å². The van der Waals surface area contributed by atoms with Crippen molar-refractivity contribution in [2.24, 2.45) is 0 Å². The zero-order valence-corrected chi connectivity index (χ0v) is 10.1. The molecule has 0 spiro atoms. The van der Waals surface area contributed by atoms with Crippen LogP contribution >= 0.6 is 0 Å². The van der Waals surface area contributed by atoms with Gasteiger partial charge in [0.2, 0.25) is 0 Å². The molecule has 0 aliphatic heterocycles. The Balaban J connectivity index is 2.01. The summed E-state index contributed by atoms with van der Waals surface area (Å²) in [7, 11) is 0. The molecular weight excluding hydrogens is 240 g/mol. The minimum absolute atomic E-state index is 0.688. The fourth-order valence-corrected chi connectivity index (χ4v) is 1.94. The van der Waals surface area contributed by atoms with Gasteiger partial charge in [-0.3, -0.25) is 0 Å². The summed E-state index contributed by atoms with van der Waals surface area (Å²) in [5.74, 6) is 0. The maximum atomic E-state index is 10.4. The highest BCUT2D eigenvalue weighted by atomic mass is 16.3. The van der Waals surface area contributed by atoms with E-state index in [0.717, 1.165) is 5.69 Å². The summed E-state index contributed by atoms with van der Waals surface area (Å²) in [4.78, 5) is 0. The maximum Gasteiger partial charge on any atom is 0.123 e. The summed E-state index contributed by atoms with van der Waals surface area (Å²) < 4.78 is 1.71. The van der Waals surface area contributed by atoms with Gasteiger partial charge in [-0.1, -0.05) is 18.2 Å². The van der Waals surface area contributed by atoms with Crippen LogP contribution in [0.5, 0.6) is 0 Å². The van der Waals surface area contributed by atoms with Crippen LogP contribution in [0.3, 0.4) is 0 Å². The molecule has 19 heavy (non-hydrogen) atoms. The first-order valence-corrected chi connectivity index (χ1v) is 5.90. The third-order valence-electron chi connectivity index (χ3n) is 2.88. The Morgan fingerprint density at radius 2 is 1.79 bits per heavy atom. The van der Waals surface area contributed by atoms with E-state index in [0.29, 0.717) is 11.3 Å². The topological polar surface area (TPSA) is 63.8 Å². The summed E-state index contributed by atoms with van der Waals surface area (Å²) in [5.41, 5.74) is 2.29. The Hall–Kier alpha value is -2.53. The Morgan fingerprint density at radius 3 is 2.53 bits per heavy atom. The van der Waals surface area contributed by atoms with Gasteiger partial charge in [0.1, 0.15) is 6.10 Å². The molecule has 0 saturated carbocycles. The molecule has 2 aromatic heterocycles. The molecule has 3 rings (SSSR count). The van der Waals surface area contributed by atoms with E-state index in [-0.39, 0.29) is 0 Å². The van der Waals surface area contributed by atoms with Crippen LogP contribution in [0.15, 0.2) is 61.1 Å². The molecule has 0 amide bonds. The number of aliphatic hydroxyl groups excluding tert-OH is 1. The fourth-order valence-electron chi connectivity index (χ4n) is 1.94. The smallest absolute Gasteiger partial charge is 0.123 e. The van der Waals surface area contributed by atoms with Gasteiger partial charge < -0.3 is 5.11 Å². The predicted octanol–water partition coefficient (Wildman–Crippen LogP) is 1.74. The van der Waals surface area contributed by atoms with E-state index in [2.05, 4.69) is 15.3 Å². The van der Waals surface area contributed by atoms with Gasteiger partial charge in [-0.05, 0) is 24.3 Å². The van der Waals surface area contributed by atoms with Crippen molar-refractivity contribution < 1.29 is 5.11 Å². The van der Waals surface area contributed by atoms with Gasteiger partial charge in [0.15, 0.2) is 0 Å². The van der Waals surface area contributed by atoms with Crippen molar-refractivity contribution in [1.29, 1.82) is 0 Å². The summed E-state index contributed by atoms with van der Waals surface area (Å²) in [6.07, 6.45) is 3.99. The van der Waals surface area contributed by atoms with Crippen molar-refractivity contribution >= 4 is 0 Å². The van der Waals surface area contributed by atoms with Crippen molar-refractivity contribution in [1.82, 2.24) is 20.0 Å². The third-order valence-corrected chi connectivity index (χ3v) is 2.88. The van der Waals surface area contributed by atoms with Crippen molar-refractivity contribution in [3.8, 4) is 5.69 Å². The standard InChI is InChI=1S/C14H12N4O/c19-14(11-6-8-15-16-10-11)13-7-9-17-18(13)12-4-2-1-3-5-12/h1-10,14,19H. The fraction of sp³-hybridized carbons (Fsp3) is 0.0714. The normalized spacial score (nSPS) is 12.3. The second-order valence-corrected chi connectivity index (χ2v) is 4.08. The number of benzene rings is 1. The van der Waals surface area contributed by atoms with Crippen LogP contribution < -0.4 is 0 Å². The van der Waals surface area contributed by atoms with Crippen LogP contribution in [0.4, 0.5) is 0 Å². The third kappa shape index (κ3) is 2.23. The molecule has 1 atom stereocenters. The second-order valence-electron chi connectivity index (χ2n) is 4.08. The lowest BCUT2D eigenvalue weighted by atomic mass is 10.1. The van der Waals surface area contributed by atoms with Crippen molar-refractivity contribution in [3.63, 3.8) is 0 Å². The highest BCUT2D eigenvalue weighted by molar-refractivity contribution is 5.34. The van der Waals surface area contributed by atoms with Crippen LogP contribution in [0.25, 0.3) is 5.69 Å². The molecule has 0 radical (unpaired) electrons. The van der Waals surface area contributed by atoms with Crippen LogP contribution in [0.1, 0.15) is 17.4 Å². The van der Waals surface area contributed by atoms with Crippen molar-refractivity contribution in [2.75, 3.05) is 0 Å². The monoisotopic (exact) mass is 252 g/mol. The van der Waals surface area contributed by atoms with Crippen LogP contribution in [-0.2, 0) is 0 Å². The molecule has 2 heterocycles. The molecule has 0 fully saturated rings. The van der Waals surface area contributed by atoms with E-state index in [9.17, 15) is 5.11 Å². The van der Waals surface area contributed by atoms with Gasteiger partial charge in [0.25, 0.3) is 0 Å². The van der Waals surface area contributed by atoms with Gasteiger partial charge in [-0.2, -0.15) is 15.3 Å². The number of aromatic nitrogens is 4. The van der Waals surface area contributed by atoms with E-state index in [1.807, 2.05) is 30.3 Å². The first kappa shape index (κ1) is 11.6. The minimum atomic E-state index is -0.779. The largest absolute Gasteiger partial charge is 0.382 e. The van der Waals surface area contributed by atoms with E-state index in [1.165, 1.54) is 0 Å². The van der Waals surface area contributed by atoms with Gasteiger partial charge in [-0.15, -0.1) is 0 Å². The number of hydrogen-bond donors (Lipinski definition) is 1. The van der Waals surface area contributed by atoms with Crippen LogP contribution in [0.2, 0.25) is 0 Å². The van der Waals surface area contributed by atoms with Gasteiger partial charge in [-0.25, -0.2) is 4.68 Å². The molecule has 94 valence electrons. The Labute approximate surface area is 110 Å². The molecule has 3 aromatic rings.